The van der Waals surface area contributed by atoms with Crippen molar-refractivity contribution in [1.29, 1.82) is 0 Å². The zero-order valence-electron chi connectivity index (χ0n) is 16.8. The predicted octanol–water partition coefficient (Wildman–Crippen LogP) is 2.28. The summed E-state index contributed by atoms with van der Waals surface area (Å²) in [7, 11) is -3.84. The van der Waals surface area contributed by atoms with Gasteiger partial charge in [0.15, 0.2) is 5.65 Å². The quantitative estimate of drug-likeness (QED) is 0.464. The van der Waals surface area contributed by atoms with Crippen LogP contribution in [0.25, 0.3) is 11.0 Å². The van der Waals surface area contributed by atoms with Gasteiger partial charge in [-0.25, -0.2) is 28.0 Å². The molecule has 0 radical (unpaired) electrons. The van der Waals surface area contributed by atoms with Crippen molar-refractivity contribution in [3.05, 3.63) is 36.2 Å². The average molecular weight is 446 g/mol. The second kappa shape index (κ2) is 8.12. The number of primary sulfonamides is 1. The SMILES string of the molecule is Cc1ccc(Nc2ncc3cnn(C4CCC(NC(=O)O)CC4)c3n2)cc1S(N)(=O)=O. The topological polar surface area (TPSA) is 165 Å². The van der Waals surface area contributed by atoms with Gasteiger partial charge in [-0.3, -0.25) is 0 Å². The van der Waals surface area contributed by atoms with Crippen LogP contribution in [0, 0.1) is 6.92 Å². The molecule has 2 heterocycles. The molecule has 1 aromatic carbocycles. The number of aryl methyl sites for hydroxylation is 1. The molecule has 1 saturated carbocycles. The Balaban J connectivity index is 1.56. The van der Waals surface area contributed by atoms with E-state index < -0.39 is 16.1 Å². The number of hydrogen-bond acceptors (Lipinski definition) is 7. The van der Waals surface area contributed by atoms with E-state index in [2.05, 4.69) is 25.7 Å². The molecule has 0 saturated heterocycles. The highest BCUT2D eigenvalue weighted by Crippen LogP contribution is 2.30. The second-order valence-corrected chi connectivity index (χ2v) is 9.20. The Hall–Kier alpha value is -3.25. The molecular formula is C19H23N7O4S. The van der Waals surface area contributed by atoms with E-state index in [1.165, 1.54) is 6.07 Å². The third-order valence-corrected chi connectivity index (χ3v) is 6.51. The van der Waals surface area contributed by atoms with Crippen LogP contribution in [-0.4, -0.2) is 45.4 Å². The minimum atomic E-state index is -3.84. The summed E-state index contributed by atoms with van der Waals surface area (Å²) < 4.78 is 25.4. The summed E-state index contributed by atoms with van der Waals surface area (Å²) in [5.41, 5.74) is 1.71. The predicted molar refractivity (Wildman–Crippen MR) is 114 cm³/mol. The molecule has 0 unspecified atom stereocenters. The van der Waals surface area contributed by atoms with Crippen LogP contribution in [0.15, 0.2) is 35.5 Å². The van der Waals surface area contributed by atoms with Crippen LogP contribution in [0.4, 0.5) is 16.4 Å². The van der Waals surface area contributed by atoms with Crippen LogP contribution >= 0.6 is 0 Å². The standard InChI is InChI=1S/C19H23N7O4S/c1-11-2-3-14(8-16(11)31(20,29)30)23-18-21-9-12-10-22-26(17(12)25-18)15-6-4-13(5-7-15)24-19(27)28/h2-3,8-10,13,15,24H,4-7H2,1H3,(H,27,28)(H2,20,29,30)(H,21,23,25). The van der Waals surface area contributed by atoms with E-state index in [1.54, 1.807) is 31.5 Å². The Kier molecular flexibility index (Phi) is 5.50. The highest BCUT2D eigenvalue weighted by atomic mass is 32.2. The van der Waals surface area contributed by atoms with E-state index in [0.717, 1.165) is 31.1 Å². The van der Waals surface area contributed by atoms with E-state index in [0.29, 0.717) is 22.8 Å². The summed E-state index contributed by atoms with van der Waals surface area (Å²) >= 11 is 0. The summed E-state index contributed by atoms with van der Waals surface area (Å²) in [4.78, 5) is 19.7. The smallest absolute Gasteiger partial charge is 0.404 e. The number of sulfonamides is 1. The zero-order valence-corrected chi connectivity index (χ0v) is 17.6. The number of anilines is 2. The van der Waals surface area contributed by atoms with E-state index >= 15 is 0 Å². The van der Waals surface area contributed by atoms with Gasteiger partial charge in [-0.1, -0.05) is 6.07 Å². The van der Waals surface area contributed by atoms with Gasteiger partial charge in [0.25, 0.3) is 0 Å². The van der Waals surface area contributed by atoms with Gasteiger partial charge in [0.1, 0.15) is 0 Å². The first-order chi connectivity index (χ1) is 14.7. The summed E-state index contributed by atoms with van der Waals surface area (Å²) in [6.45, 7) is 1.67. The molecule has 31 heavy (non-hydrogen) atoms. The van der Waals surface area contributed by atoms with Crippen LogP contribution in [0.2, 0.25) is 0 Å². The van der Waals surface area contributed by atoms with Gasteiger partial charge in [0.05, 0.1) is 22.5 Å². The minimum Gasteiger partial charge on any atom is -0.465 e. The van der Waals surface area contributed by atoms with Gasteiger partial charge in [-0.05, 0) is 50.3 Å². The Morgan fingerprint density at radius 3 is 2.65 bits per heavy atom. The van der Waals surface area contributed by atoms with Crippen LogP contribution in [0.3, 0.4) is 0 Å². The second-order valence-electron chi connectivity index (χ2n) is 7.67. The lowest BCUT2D eigenvalue weighted by atomic mass is 9.91. The van der Waals surface area contributed by atoms with Crippen LogP contribution in [0.1, 0.15) is 37.3 Å². The Morgan fingerprint density at radius 2 is 1.97 bits per heavy atom. The van der Waals surface area contributed by atoms with Crippen LogP contribution in [-0.2, 0) is 10.0 Å². The maximum absolute atomic E-state index is 11.8. The Labute approximate surface area is 178 Å². The summed E-state index contributed by atoms with van der Waals surface area (Å²) in [5, 5.41) is 25.0. The van der Waals surface area contributed by atoms with Crippen molar-refractivity contribution in [2.45, 2.75) is 49.6 Å². The normalized spacial score (nSPS) is 19.3. The fraction of sp³-hybridized carbons (Fsp3) is 0.368. The van der Waals surface area contributed by atoms with Gasteiger partial charge < -0.3 is 15.7 Å². The van der Waals surface area contributed by atoms with Crippen molar-refractivity contribution >= 4 is 38.8 Å². The molecule has 0 aliphatic heterocycles. The molecule has 0 bridgehead atoms. The maximum Gasteiger partial charge on any atom is 0.404 e. The molecule has 164 valence electrons. The molecule has 3 aromatic rings. The van der Waals surface area contributed by atoms with Crippen molar-refractivity contribution in [2.75, 3.05) is 5.32 Å². The first kappa shape index (κ1) is 21.0. The summed E-state index contributed by atoms with van der Waals surface area (Å²) in [6, 6.07) is 4.91. The molecule has 2 aromatic heterocycles. The third-order valence-electron chi connectivity index (χ3n) is 5.46. The van der Waals surface area contributed by atoms with E-state index in [9.17, 15) is 13.2 Å². The number of aromatic nitrogens is 4. The lowest BCUT2D eigenvalue weighted by molar-refractivity contribution is 0.182. The lowest BCUT2D eigenvalue weighted by Crippen LogP contribution is -2.37. The van der Waals surface area contributed by atoms with Gasteiger partial charge >= 0.3 is 6.09 Å². The molecule has 0 spiro atoms. The molecule has 11 nitrogen and oxygen atoms in total. The summed E-state index contributed by atoms with van der Waals surface area (Å²) in [6.07, 6.45) is 5.38. The summed E-state index contributed by atoms with van der Waals surface area (Å²) in [5.74, 6) is 0.305. The number of nitrogens with two attached hydrogens (primary N) is 1. The number of hydrogen-bond donors (Lipinski definition) is 4. The number of carbonyl (C=O) groups is 1. The van der Waals surface area contributed by atoms with Gasteiger partial charge in [-0.15, -0.1) is 0 Å². The molecule has 4 rings (SSSR count). The number of benzene rings is 1. The van der Waals surface area contributed by atoms with Crippen molar-refractivity contribution in [2.24, 2.45) is 5.14 Å². The fourth-order valence-corrected chi connectivity index (χ4v) is 4.72. The zero-order chi connectivity index (χ0) is 22.2. The first-order valence-electron chi connectivity index (χ1n) is 9.81. The molecule has 0 atom stereocenters. The number of rotatable bonds is 5. The molecule has 12 heteroatoms. The number of amides is 1. The monoisotopic (exact) mass is 445 g/mol. The largest absolute Gasteiger partial charge is 0.465 e. The Bertz CT molecular complexity index is 1230. The number of nitrogens with zero attached hydrogens (tertiary/aromatic N) is 4. The Morgan fingerprint density at radius 1 is 1.23 bits per heavy atom. The molecule has 1 fully saturated rings. The molecule has 1 aliphatic carbocycles. The number of fused-ring (bicyclic) bond motifs is 1. The van der Waals surface area contributed by atoms with Gasteiger partial charge in [-0.2, -0.15) is 10.1 Å². The molecule has 5 N–H and O–H groups in total. The number of carboxylic acid groups (broad SMARTS) is 1. The first-order valence-corrected chi connectivity index (χ1v) is 11.4. The highest BCUT2D eigenvalue weighted by molar-refractivity contribution is 7.89. The highest BCUT2D eigenvalue weighted by Gasteiger charge is 2.25. The van der Waals surface area contributed by atoms with Crippen molar-refractivity contribution in [1.82, 2.24) is 25.1 Å². The fourth-order valence-electron chi connectivity index (χ4n) is 3.92. The lowest BCUT2D eigenvalue weighted by Gasteiger charge is -2.28. The van der Waals surface area contributed by atoms with E-state index in [1.807, 2.05) is 4.68 Å². The molecule has 1 amide bonds. The molecular weight excluding hydrogens is 422 g/mol. The number of nitrogens with one attached hydrogen (secondary N) is 2. The van der Waals surface area contributed by atoms with Gasteiger partial charge in [0, 0.05) is 17.9 Å². The van der Waals surface area contributed by atoms with E-state index in [4.69, 9.17) is 10.2 Å². The van der Waals surface area contributed by atoms with Crippen LogP contribution < -0.4 is 15.8 Å². The molecule has 1 aliphatic rings. The average Bonchev–Trinajstić information content (AvgIpc) is 3.12. The van der Waals surface area contributed by atoms with Crippen molar-refractivity contribution < 1.29 is 18.3 Å². The van der Waals surface area contributed by atoms with Crippen molar-refractivity contribution in [3.8, 4) is 0 Å². The van der Waals surface area contributed by atoms with Crippen molar-refractivity contribution in [3.63, 3.8) is 0 Å². The van der Waals surface area contributed by atoms with Crippen LogP contribution in [0.5, 0.6) is 0 Å². The van der Waals surface area contributed by atoms with Gasteiger partial charge in [0.2, 0.25) is 16.0 Å². The maximum atomic E-state index is 11.8. The van der Waals surface area contributed by atoms with E-state index in [-0.39, 0.29) is 17.0 Å². The minimum absolute atomic E-state index is 0.0374. The third kappa shape index (κ3) is 4.59.